The van der Waals surface area contributed by atoms with Crippen LogP contribution in [0, 0.1) is 5.92 Å². The summed E-state index contributed by atoms with van der Waals surface area (Å²) in [6, 6.07) is 0.645. The van der Waals surface area contributed by atoms with E-state index in [1.165, 1.54) is 0 Å². The molecule has 0 spiro atoms. The maximum atomic E-state index is 10.9. The van der Waals surface area contributed by atoms with E-state index in [0.29, 0.717) is 12.0 Å². The Kier molecular flexibility index (Phi) is 5.92. The fraction of sp³-hybridized carbons (Fsp3) is 0.923. The van der Waals surface area contributed by atoms with Crippen LogP contribution in [0.5, 0.6) is 0 Å². The van der Waals surface area contributed by atoms with Gasteiger partial charge in [0, 0.05) is 18.6 Å². The second-order valence-corrected chi connectivity index (χ2v) is 5.57. The summed E-state index contributed by atoms with van der Waals surface area (Å²) in [6.07, 6.45) is 2.50. The second-order valence-electron chi connectivity index (χ2n) is 5.57. The molecule has 2 unspecified atom stereocenters. The maximum absolute atomic E-state index is 10.9. The van der Waals surface area contributed by atoms with Crippen molar-refractivity contribution in [2.24, 2.45) is 5.92 Å². The minimum Gasteiger partial charge on any atom is -0.481 e. The van der Waals surface area contributed by atoms with Crippen molar-refractivity contribution >= 4 is 5.97 Å². The molecule has 0 radical (unpaired) electrons. The van der Waals surface area contributed by atoms with Gasteiger partial charge < -0.3 is 10.4 Å². The van der Waals surface area contributed by atoms with Gasteiger partial charge >= 0.3 is 5.97 Å². The molecule has 0 saturated carbocycles. The second kappa shape index (κ2) is 6.97. The zero-order chi connectivity index (χ0) is 12.8. The third-order valence-corrected chi connectivity index (χ3v) is 3.47. The van der Waals surface area contributed by atoms with Crippen LogP contribution < -0.4 is 5.32 Å². The molecule has 2 N–H and O–H groups in total. The highest BCUT2D eigenvalue weighted by Crippen LogP contribution is 2.13. The van der Waals surface area contributed by atoms with Crippen molar-refractivity contribution in [3.63, 3.8) is 0 Å². The Morgan fingerprint density at radius 3 is 2.82 bits per heavy atom. The average molecular weight is 242 g/mol. The Morgan fingerprint density at radius 1 is 1.53 bits per heavy atom. The molecule has 4 nitrogen and oxygen atoms in total. The van der Waals surface area contributed by atoms with Gasteiger partial charge in [0.2, 0.25) is 0 Å². The summed E-state index contributed by atoms with van der Waals surface area (Å²) < 4.78 is 0. The molecule has 0 aromatic rings. The molecule has 1 aliphatic heterocycles. The summed E-state index contributed by atoms with van der Waals surface area (Å²) in [4.78, 5) is 13.2. The number of carbonyl (C=O) groups is 1. The predicted octanol–water partition coefficient (Wildman–Crippen LogP) is 1.56. The van der Waals surface area contributed by atoms with Crippen molar-refractivity contribution in [3.8, 4) is 0 Å². The van der Waals surface area contributed by atoms with Gasteiger partial charge in [-0.05, 0) is 38.8 Å². The van der Waals surface area contributed by atoms with Crippen molar-refractivity contribution < 1.29 is 9.90 Å². The van der Waals surface area contributed by atoms with Gasteiger partial charge in [0.25, 0.3) is 0 Å². The van der Waals surface area contributed by atoms with Crippen molar-refractivity contribution in [1.29, 1.82) is 0 Å². The first kappa shape index (κ1) is 14.5. The topological polar surface area (TPSA) is 52.6 Å². The fourth-order valence-electron chi connectivity index (χ4n) is 2.23. The molecular weight excluding hydrogens is 216 g/mol. The van der Waals surface area contributed by atoms with E-state index in [2.05, 4.69) is 31.0 Å². The van der Waals surface area contributed by atoms with Gasteiger partial charge in [0.05, 0.1) is 6.42 Å². The van der Waals surface area contributed by atoms with Crippen molar-refractivity contribution in [1.82, 2.24) is 10.2 Å². The number of nitrogens with zero attached hydrogens (tertiary/aromatic N) is 1. The summed E-state index contributed by atoms with van der Waals surface area (Å²) >= 11 is 0. The molecule has 4 heteroatoms. The lowest BCUT2D eigenvalue weighted by Gasteiger charge is -2.29. The molecule has 1 aliphatic rings. The standard InChI is InChI=1S/C13H26N2O2/c1-10(2)4-6-15-7-5-11(3)14-9-12(15)8-13(16)17/h10-12,14H,4-9H2,1-3H3,(H,16,17). The number of hydrogen-bond acceptors (Lipinski definition) is 3. The quantitative estimate of drug-likeness (QED) is 0.768. The van der Waals surface area contributed by atoms with Gasteiger partial charge in [-0.25, -0.2) is 0 Å². The molecule has 2 atom stereocenters. The van der Waals surface area contributed by atoms with E-state index < -0.39 is 5.97 Å². The Balaban J connectivity index is 2.54. The van der Waals surface area contributed by atoms with E-state index >= 15 is 0 Å². The lowest BCUT2D eigenvalue weighted by molar-refractivity contribution is -0.138. The van der Waals surface area contributed by atoms with Crippen molar-refractivity contribution in [2.45, 2.75) is 52.1 Å². The van der Waals surface area contributed by atoms with Crippen molar-refractivity contribution in [2.75, 3.05) is 19.6 Å². The minimum absolute atomic E-state index is 0.149. The zero-order valence-electron chi connectivity index (χ0n) is 11.3. The number of aliphatic carboxylic acids is 1. The minimum atomic E-state index is -0.694. The number of hydrogen-bond donors (Lipinski definition) is 2. The first-order valence-electron chi connectivity index (χ1n) is 6.68. The van der Waals surface area contributed by atoms with Gasteiger partial charge in [-0.1, -0.05) is 13.8 Å². The van der Waals surface area contributed by atoms with Gasteiger partial charge in [-0.15, -0.1) is 0 Å². The highest BCUT2D eigenvalue weighted by molar-refractivity contribution is 5.67. The third kappa shape index (κ3) is 5.50. The summed E-state index contributed by atoms with van der Waals surface area (Å²) in [5.41, 5.74) is 0. The predicted molar refractivity (Wildman–Crippen MR) is 69.2 cm³/mol. The van der Waals surface area contributed by atoms with Crippen LogP contribution in [0.15, 0.2) is 0 Å². The molecular formula is C13H26N2O2. The Labute approximate surface area is 104 Å². The largest absolute Gasteiger partial charge is 0.481 e. The third-order valence-electron chi connectivity index (χ3n) is 3.47. The van der Waals surface area contributed by atoms with Gasteiger partial charge in [-0.3, -0.25) is 9.69 Å². The molecule has 1 saturated heterocycles. The Bertz CT molecular complexity index is 244. The molecule has 17 heavy (non-hydrogen) atoms. The average Bonchev–Trinajstić information content (AvgIpc) is 2.39. The number of rotatable bonds is 5. The molecule has 0 aliphatic carbocycles. The number of carboxylic acids is 1. The molecule has 1 fully saturated rings. The van der Waals surface area contributed by atoms with Crippen LogP contribution in [0.3, 0.4) is 0 Å². The summed E-state index contributed by atoms with van der Waals surface area (Å²) in [5.74, 6) is -0.0185. The molecule has 1 rings (SSSR count). The molecule has 0 aromatic heterocycles. The molecule has 0 amide bonds. The van der Waals surface area contributed by atoms with E-state index in [4.69, 9.17) is 5.11 Å². The smallest absolute Gasteiger partial charge is 0.304 e. The first-order valence-corrected chi connectivity index (χ1v) is 6.68. The first-order chi connectivity index (χ1) is 7.99. The van der Waals surface area contributed by atoms with Crippen molar-refractivity contribution in [3.05, 3.63) is 0 Å². The molecule has 100 valence electrons. The molecule has 0 aromatic carbocycles. The van der Waals surface area contributed by atoms with Crippen LogP contribution in [0.4, 0.5) is 0 Å². The highest BCUT2D eigenvalue weighted by atomic mass is 16.4. The van der Waals surface area contributed by atoms with E-state index in [9.17, 15) is 4.79 Å². The lowest BCUT2D eigenvalue weighted by Crippen LogP contribution is -2.42. The Hall–Kier alpha value is -0.610. The Morgan fingerprint density at radius 2 is 2.24 bits per heavy atom. The maximum Gasteiger partial charge on any atom is 0.304 e. The van der Waals surface area contributed by atoms with E-state index in [0.717, 1.165) is 32.5 Å². The number of nitrogens with one attached hydrogen (secondary N) is 1. The van der Waals surface area contributed by atoms with Gasteiger partial charge in [0.1, 0.15) is 0 Å². The van der Waals surface area contributed by atoms with E-state index in [1.54, 1.807) is 0 Å². The summed E-state index contributed by atoms with van der Waals surface area (Å²) in [7, 11) is 0. The number of carboxylic acid groups (broad SMARTS) is 1. The summed E-state index contributed by atoms with van der Waals surface area (Å²) in [5, 5.41) is 12.4. The van der Waals surface area contributed by atoms with Crippen LogP contribution in [-0.4, -0.2) is 47.7 Å². The normalized spacial score (nSPS) is 27.1. The monoisotopic (exact) mass is 242 g/mol. The van der Waals surface area contributed by atoms with Crippen LogP contribution in [-0.2, 0) is 4.79 Å². The van der Waals surface area contributed by atoms with Crippen LogP contribution >= 0.6 is 0 Å². The summed E-state index contributed by atoms with van der Waals surface area (Å²) in [6.45, 7) is 9.42. The van der Waals surface area contributed by atoms with Gasteiger partial charge in [-0.2, -0.15) is 0 Å². The van der Waals surface area contributed by atoms with Crippen LogP contribution in [0.2, 0.25) is 0 Å². The van der Waals surface area contributed by atoms with E-state index in [-0.39, 0.29) is 12.5 Å². The van der Waals surface area contributed by atoms with Crippen LogP contribution in [0.25, 0.3) is 0 Å². The van der Waals surface area contributed by atoms with Gasteiger partial charge in [0.15, 0.2) is 0 Å². The SMILES string of the molecule is CC(C)CCN1CCC(C)NCC1CC(=O)O. The molecule has 1 heterocycles. The van der Waals surface area contributed by atoms with Crippen LogP contribution in [0.1, 0.15) is 40.0 Å². The van der Waals surface area contributed by atoms with E-state index in [1.807, 2.05) is 0 Å². The highest BCUT2D eigenvalue weighted by Gasteiger charge is 2.24. The fourth-order valence-corrected chi connectivity index (χ4v) is 2.23. The molecule has 0 bridgehead atoms. The lowest BCUT2D eigenvalue weighted by atomic mass is 10.1. The zero-order valence-corrected chi connectivity index (χ0v) is 11.3.